The summed E-state index contributed by atoms with van der Waals surface area (Å²) in [6.45, 7) is 3.93. The van der Waals surface area contributed by atoms with Crippen LogP contribution in [0.5, 0.6) is 0 Å². The fourth-order valence-electron chi connectivity index (χ4n) is 2.48. The van der Waals surface area contributed by atoms with Gasteiger partial charge in [-0.3, -0.25) is 4.79 Å². The molecule has 0 aliphatic rings. The van der Waals surface area contributed by atoms with Gasteiger partial charge in [-0.15, -0.1) is 0 Å². The molecule has 0 fully saturated rings. The number of hydrogen-bond acceptors (Lipinski definition) is 2. The molecule has 0 aliphatic heterocycles. The molecule has 1 N–H and O–H groups in total. The molecule has 26 heavy (non-hydrogen) atoms. The van der Waals surface area contributed by atoms with Crippen LogP contribution in [-0.2, 0) is 4.79 Å². The summed E-state index contributed by atoms with van der Waals surface area (Å²) >= 11 is 12.2. The van der Waals surface area contributed by atoms with E-state index in [0.717, 1.165) is 16.8 Å². The minimum Gasteiger partial charge on any atom is -0.457 e. The standard InChI is InChI=1S/C21H17Cl2NO2/c1-13-6-7-14(2)18(12-13)24-20(25)11-9-15-8-10-19(26-15)16-4-3-5-17(22)21(16)23/h3-12H,1-2H3,(H,24,25). The van der Waals surface area contributed by atoms with Gasteiger partial charge in [0.25, 0.3) is 0 Å². The second-order valence-corrected chi connectivity index (χ2v) is 6.73. The van der Waals surface area contributed by atoms with Crippen molar-refractivity contribution >= 4 is 40.9 Å². The number of nitrogens with one attached hydrogen (secondary N) is 1. The molecule has 1 aromatic heterocycles. The summed E-state index contributed by atoms with van der Waals surface area (Å²) in [5.74, 6) is 0.914. The number of benzene rings is 2. The van der Waals surface area contributed by atoms with Gasteiger partial charge in [0.2, 0.25) is 5.91 Å². The van der Waals surface area contributed by atoms with Gasteiger partial charge in [-0.05, 0) is 61.4 Å². The first-order valence-corrected chi connectivity index (χ1v) is 8.80. The highest BCUT2D eigenvalue weighted by molar-refractivity contribution is 6.43. The van der Waals surface area contributed by atoms with Crippen molar-refractivity contribution in [2.45, 2.75) is 13.8 Å². The third-order valence-corrected chi connectivity index (χ3v) is 4.71. The Morgan fingerprint density at radius 3 is 2.69 bits per heavy atom. The lowest BCUT2D eigenvalue weighted by Gasteiger charge is -2.07. The van der Waals surface area contributed by atoms with Gasteiger partial charge in [0.05, 0.1) is 10.0 Å². The lowest BCUT2D eigenvalue weighted by atomic mass is 10.1. The third-order valence-electron chi connectivity index (χ3n) is 3.89. The van der Waals surface area contributed by atoms with Crippen molar-refractivity contribution in [1.82, 2.24) is 0 Å². The van der Waals surface area contributed by atoms with Crippen LogP contribution in [0.3, 0.4) is 0 Å². The lowest BCUT2D eigenvalue weighted by molar-refractivity contribution is -0.111. The van der Waals surface area contributed by atoms with Crippen LogP contribution >= 0.6 is 23.2 Å². The van der Waals surface area contributed by atoms with Crippen LogP contribution in [-0.4, -0.2) is 5.91 Å². The fraction of sp³-hybridized carbons (Fsp3) is 0.0952. The van der Waals surface area contributed by atoms with Crippen molar-refractivity contribution in [3.63, 3.8) is 0 Å². The molecule has 0 spiro atoms. The zero-order chi connectivity index (χ0) is 18.7. The Balaban J connectivity index is 1.73. The zero-order valence-corrected chi connectivity index (χ0v) is 15.9. The Bertz CT molecular complexity index is 989. The first-order chi connectivity index (χ1) is 12.4. The van der Waals surface area contributed by atoms with E-state index in [9.17, 15) is 4.79 Å². The Kier molecular flexibility index (Phi) is 5.50. The average molecular weight is 386 g/mol. The lowest BCUT2D eigenvalue weighted by Crippen LogP contribution is -2.09. The molecule has 0 bridgehead atoms. The topological polar surface area (TPSA) is 42.2 Å². The molecule has 3 nitrogen and oxygen atoms in total. The highest BCUT2D eigenvalue weighted by Gasteiger charge is 2.10. The van der Waals surface area contributed by atoms with Gasteiger partial charge >= 0.3 is 0 Å². The van der Waals surface area contributed by atoms with Crippen LogP contribution in [0.25, 0.3) is 17.4 Å². The molecule has 0 aliphatic carbocycles. The van der Waals surface area contributed by atoms with Gasteiger partial charge in [-0.1, -0.05) is 41.4 Å². The van der Waals surface area contributed by atoms with Crippen LogP contribution in [0.1, 0.15) is 16.9 Å². The molecular formula is C21H17Cl2NO2. The normalized spacial score (nSPS) is 11.1. The van der Waals surface area contributed by atoms with E-state index in [4.69, 9.17) is 27.6 Å². The molecule has 0 saturated carbocycles. The maximum Gasteiger partial charge on any atom is 0.248 e. The SMILES string of the molecule is Cc1ccc(C)c(NC(=O)C=Cc2ccc(-c3cccc(Cl)c3Cl)o2)c1. The highest BCUT2D eigenvalue weighted by Crippen LogP contribution is 2.34. The Labute approximate surface area is 162 Å². The van der Waals surface area contributed by atoms with E-state index in [1.807, 2.05) is 38.1 Å². The number of carbonyl (C=O) groups is 1. The Morgan fingerprint density at radius 2 is 1.88 bits per heavy atom. The summed E-state index contributed by atoms with van der Waals surface area (Å²) in [6, 6.07) is 14.8. The zero-order valence-electron chi connectivity index (χ0n) is 14.3. The Hall–Kier alpha value is -2.49. The van der Waals surface area contributed by atoms with Gasteiger partial charge in [-0.2, -0.15) is 0 Å². The van der Waals surface area contributed by atoms with Crippen LogP contribution in [0.4, 0.5) is 5.69 Å². The number of halogens is 2. The average Bonchev–Trinajstić information content (AvgIpc) is 3.07. The first-order valence-electron chi connectivity index (χ1n) is 8.04. The number of hydrogen-bond donors (Lipinski definition) is 1. The molecule has 0 saturated heterocycles. The number of furan rings is 1. The molecule has 1 amide bonds. The summed E-state index contributed by atoms with van der Waals surface area (Å²) in [6.07, 6.45) is 3.05. The summed E-state index contributed by atoms with van der Waals surface area (Å²) in [4.78, 5) is 12.1. The van der Waals surface area contributed by atoms with E-state index >= 15 is 0 Å². The molecule has 132 valence electrons. The van der Waals surface area contributed by atoms with Crippen LogP contribution in [0, 0.1) is 13.8 Å². The maximum absolute atomic E-state index is 12.1. The molecular weight excluding hydrogens is 369 g/mol. The molecule has 5 heteroatoms. The monoisotopic (exact) mass is 385 g/mol. The van der Waals surface area contributed by atoms with E-state index in [2.05, 4.69) is 5.32 Å². The van der Waals surface area contributed by atoms with E-state index in [1.165, 1.54) is 6.08 Å². The van der Waals surface area contributed by atoms with Gasteiger partial charge in [0.15, 0.2) is 0 Å². The van der Waals surface area contributed by atoms with Gasteiger partial charge in [0.1, 0.15) is 11.5 Å². The van der Waals surface area contributed by atoms with Crippen molar-refractivity contribution in [3.8, 4) is 11.3 Å². The number of rotatable bonds is 4. The van der Waals surface area contributed by atoms with Gasteiger partial charge in [-0.25, -0.2) is 0 Å². The van der Waals surface area contributed by atoms with Crippen molar-refractivity contribution in [2.24, 2.45) is 0 Å². The predicted molar refractivity (Wildman–Crippen MR) is 108 cm³/mol. The molecule has 0 atom stereocenters. The minimum absolute atomic E-state index is 0.225. The number of carbonyl (C=O) groups excluding carboxylic acids is 1. The minimum atomic E-state index is -0.225. The van der Waals surface area contributed by atoms with Crippen LogP contribution < -0.4 is 5.32 Å². The van der Waals surface area contributed by atoms with Gasteiger partial charge in [0, 0.05) is 17.3 Å². The van der Waals surface area contributed by atoms with Crippen molar-refractivity contribution < 1.29 is 9.21 Å². The molecule has 3 aromatic rings. The van der Waals surface area contributed by atoms with Crippen LogP contribution in [0.15, 0.2) is 59.0 Å². The quantitative estimate of drug-likeness (QED) is 0.519. The first kappa shape index (κ1) is 18.3. The van der Waals surface area contributed by atoms with Crippen molar-refractivity contribution in [3.05, 3.63) is 81.5 Å². The summed E-state index contributed by atoms with van der Waals surface area (Å²) in [5.41, 5.74) is 3.60. The van der Waals surface area contributed by atoms with E-state index in [1.54, 1.807) is 30.3 Å². The second kappa shape index (κ2) is 7.81. The fourth-order valence-corrected chi connectivity index (χ4v) is 2.88. The maximum atomic E-state index is 12.1. The highest BCUT2D eigenvalue weighted by atomic mass is 35.5. The van der Waals surface area contributed by atoms with E-state index in [-0.39, 0.29) is 5.91 Å². The molecule has 2 aromatic carbocycles. The Morgan fingerprint density at radius 1 is 1.08 bits per heavy atom. The molecule has 3 rings (SSSR count). The number of anilines is 1. The van der Waals surface area contributed by atoms with Crippen molar-refractivity contribution in [1.29, 1.82) is 0 Å². The number of aryl methyl sites for hydroxylation is 2. The molecule has 1 heterocycles. The van der Waals surface area contributed by atoms with Crippen molar-refractivity contribution in [2.75, 3.05) is 5.32 Å². The molecule has 0 radical (unpaired) electrons. The van der Waals surface area contributed by atoms with Gasteiger partial charge < -0.3 is 9.73 Å². The largest absolute Gasteiger partial charge is 0.457 e. The predicted octanol–water partition coefficient (Wildman–Crippen LogP) is 6.52. The van der Waals surface area contributed by atoms with E-state index in [0.29, 0.717) is 27.1 Å². The molecule has 0 unspecified atom stereocenters. The summed E-state index contributed by atoms with van der Waals surface area (Å²) < 4.78 is 5.74. The number of amides is 1. The second-order valence-electron chi connectivity index (χ2n) is 5.94. The third kappa shape index (κ3) is 4.18. The smallest absolute Gasteiger partial charge is 0.248 e. The summed E-state index contributed by atoms with van der Waals surface area (Å²) in [7, 11) is 0. The van der Waals surface area contributed by atoms with Crippen LogP contribution in [0.2, 0.25) is 10.0 Å². The summed E-state index contributed by atoms with van der Waals surface area (Å²) in [5, 5.41) is 3.77. The van der Waals surface area contributed by atoms with E-state index < -0.39 is 0 Å².